The van der Waals surface area contributed by atoms with Crippen LogP contribution in [0.4, 0.5) is 11.4 Å². The standard InChI is InChI=1S/C17H19N/c1-17(2)12-13-18(14-8-4-3-5-9-14)16-11-7-6-10-15(16)17/h3-11H,12-13H2,1-2H3. The molecule has 0 spiro atoms. The minimum Gasteiger partial charge on any atom is -0.341 e. The van der Waals surface area contributed by atoms with Crippen LogP contribution >= 0.6 is 0 Å². The SMILES string of the molecule is CC1(C)CCN(c2ccccc2)c2ccccc21. The Balaban J connectivity index is 2.11. The Kier molecular flexibility index (Phi) is 2.62. The molecule has 3 rings (SSSR count). The van der Waals surface area contributed by atoms with Crippen LogP contribution in [0, 0.1) is 0 Å². The topological polar surface area (TPSA) is 3.24 Å². The summed E-state index contributed by atoms with van der Waals surface area (Å²) in [5.41, 5.74) is 4.39. The predicted molar refractivity (Wildman–Crippen MR) is 77.5 cm³/mol. The lowest BCUT2D eigenvalue weighted by Crippen LogP contribution is -2.34. The van der Waals surface area contributed by atoms with Crippen LogP contribution in [0.25, 0.3) is 0 Å². The Morgan fingerprint density at radius 1 is 0.889 bits per heavy atom. The number of nitrogens with zero attached hydrogens (tertiary/aromatic N) is 1. The van der Waals surface area contributed by atoms with Gasteiger partial charge in [-0.1, -0.05) is 50.2 Å². The van der Waals surface area contributed by atoms with Crippen LogP contribution in [0.5, 0.6) is 0 Å². The average Bonchev–Trinajstić information content (AvgIpc) is 2.40. The van der Waals surface area contributed by atoms with Gasteiger partial charge in [0.2, 0.25) is 0 Å². The molecular weight excluding hydrogens is 218 g/mol. The van der Waals surface area contributed by atoms with Crippen molar-refractivity contribution in [1.29, 1.82) is 0 Å². The molecular formula is C17H19N. The lowest BCUT2D eigenvalue weighted by molar-refractivity contribution is 0.467. The Bertz CT molecular complexity index is 543. The molecule has 1 aliphatic rings. The molecule has 0 atom stereocenters. The maximum Gasteiger partial charge on any atom is 0.0448 e. The monoisotopic (exact) mass is 237 g/mol. The molecule has 1 heterocycles. The molecule has 0 unspecified atom stereocenters. The molecule has 0 N–H and O–H groups in total. The number of hydrogen-bond acceptors (Lipinski definition) is 1. The first kappa shape index (κ1) is 11.3. The Morgan fingerprint density at radius 2 is 1.56 bits per heavy atom. The van der Waals surface area contributed by atoms with E-state index in [2.05, 4.69) is 73.3 Å². The van der Waals surface area contributed by atoms with Crippen molar-refractivity contribution in [3.63, 3.8) is 0 Å². The summed E-state index contributed by atoms with van der Waals surface area (Å²) < 4.78 is 0. The molecule has 0 radical (unpaired) electrons. The quantitative estimate of drug-likeness (QED) is 0.705. The van der Waals surface area contributed by atoms with Crippen LogP contribution in [-0.2, 0) is 5.41 Å². The zero-order chi connectivity index (χ0) is 12.6. The van der Waals surface area contributed by atoms with E-state index in [0.29, 0.717) is 0 Å². The van der Waals surface area contributed by atoms with E-state index < -0.39 is 0 Å². The van der Waals surface area contributed by atoms with E-state index in [1.165, 1.54) is 23.4 Å². The van der Waals surface area contributed by atoms with E-state index in [4.69, 9.17) is 0 Å². The van der Waals surface area contributed by atoms with E-state index >= 15 is 0 Å². The van der Waals surface area contributed by atoms with Gasteiger partial charge in [-0.05, 0) is 35.6 Å². The van der Waals surface area contributed by atoms with Crippen molar-refractivity contribution < 1.29 is 0 Å². The lowest BCUT2D eigenvalue weighted by atomic mass is 9.77. The summed E-state index contributed by atoms with van der Waals surface area (Å²) in [6, 6.07) is 19.5. The second-order valence-corrected chi connectivity index (χ2v) is 5.64. The Labute approximate surface area is 109 Å². The molecule has 0 saturated carbocycles. The van der Waals surface area contributed by atoms with Crippen LogP contribution in [0.3, 0.4) is 0 Å². The highest BCUT2D eigenvalue weighted by atomic mass is 15.1. The Morgan fingerprint density at radius 3 is 2.33 bits per heavy atom. The number of rotatable bonds is 1. The fourth-order valence-electron chi connectivity index (χ4n) is 2.80. The number of hydrogen-bond donors (Lipinski definition) is 0. The molecule has 0 aromatic heterocycles. The number of fused-ring (bicyclic) bond motifs is 1. The lowest BCUT2D eigenvalue weighted by Gasteiger charge is -2.40. The Hall–Kier alpha value is -1.76. The van der Waals surface area contributed by atoms with Crippen molar-refractivity contribution in [2.45, 2.75) is 25.7 Å². The normalized spacial score (nSPS) is 17.3. The third-order valence-corrected chi connectivity index (χ3v) is 3.95. The highest BCUT2D eigenvalue weighted by molar-refractivity contribution is 5.69. The first-order valence-electron chi connectivity index (χ1n) is 6.61. The summed E-state index contributed by atoms with van der Waals surface area (Å²) in [6.07, 6.45) is 1.19. The number of anilines is 2. The van der Waals surface area contributed by atoms with E-state index in [-0.39, 0.29) is 5.41 Å². The van der Waals surface area contributed by atoms with Crippen molar-refractivity contribution in [2.75, 3.05) is 11.4 Å². The van der Waals surface area contributed by atoms with Gasteiger partial charge in [-0.25, -0.2) is 0 Å². The van der Waals surface area contributed by atoms with Gasteiger partial charge in [-0.2, -0.15) is 0 Å². The maximum atomic E-state index is 2.43. The summed E-state index contributed by atoms with van der Waals surface area (Å²) in [7, 11) is 0. The molecule has 1 nitrogen and oxygen atoms in total. The van der Waals surface area contributed by atoms with Crippen LogP contribution < -0.4 is 4.90 Å². The molecule has 0 amide bonds. The van der Waals surface area contributed by atoms with Crippen molar-refractivity contribution >= 4 is 11.4 Å². The minimum atomic E-state index is 0.280. The molecule has 0 aliphatic carbocycles. The van der Waals surface area contributed by atoms with E-state index in [1.54, 1.807) is 0 Å². The van der Waals surface area contributed by atoms with Crippen LogP contribution in [0.2, 0.25) is 0 Å². The summed E-state index contributed by atoms with van der Waals surface area (Å²) in [5, 5.41) is 0. The molecule has 0 saturated heterocycles. The predicted octanol–water partition coefficient (Wildman–Crippen LogP) is 4.51. The summed E-state index contributed by atoms with van der Waals surface area (Å²) in [6.45, 7) is 5.77. The third-order valence-electron chi connectivity index (χ3n) is 3.95. The number of benzene rings is 2. The maximum absolute atomic E-state index is 2.43. The average molecular weight is 237 g/mol. The number of para-hydroxylation sites is 2. The van der Waals surface area contributed by atoms with Gasteiger partial charge >= 0.3 is 0 Å². The van der Waals surface area contributed by atoms with Gasteiger partial charge in [0.1, 0.15) is 0 Å². The van der Waals surface area contributed by atoms with Gasteiger partial charge in [-0.15, -0.1) is 0 Å². The summed E-state index contributed by atoms with van der Waals surface area (Å²) >= 11 is 0. The largest absolute Gasteiger partial charge is 0.341 e. The van der Waals surface area contributed by atoms with Crippen LogP contribution in [0.15, 0.2) is 54.6 Å². The van der Waals surface area contributed by atoms with Crippen LogP contribution in [0.1, 0.15) is 25.8 Å². The molecule has 2 aromatic carbocycles. The van der Waals surface area contributed by atoms with E-state index in [0.717, 1.165) is 6.54 Å². The summed E-state index contributed by atoms with van der Waals surface area (Å²) in [4.78, 5) is 2.43. The fraction of sp³-hybridized carbons (Fsp3) is 0.294. The van der Waals surface area contributed by atoms with Crippen molar-refractivity contribution in [3.8, 4) is 0 Å². The molecule has 18 heavy (non-hydrogen) atoms. The molecule has 2 aromatic rings. The third kappa shape index (κ3) is 1.80. The highest BCUT2D eigenvalue weighted by Gasteiger charge is 2.31. The zero-order valence-corrected chi connectivity index (χ0v) is 11.1. The molecule has 92 valence electrons. The van der Waals surface area contributed by atoms with Gasteiger partial charge in [0.25, 0.3) is 0 Å². The van der Waals surface area contributed by atoms with Crippen molar-refractivity contribution in [3.05, 3.63) is 60.2 Å². The molecule has 0 bridgehead atoms. The van der Waals surface area contributed by atoms with E-state index in [9.17, 15) is 0 Å². The fourth-order valence-corrected chi connectivity index (χ4v) is 2.80. The van der Waals surface area contributed by atoms with Crippen molar-refractivity contribution in [2.24, 2.45) is 0 Å². The second-order valence-electron chi connectivity index (χ2n) is 5.64. The van der Waals surface area contributed by atoms with E-state index in [1.807, 2.05) is 0 Å². The van der Waals surface area contributed by atoms with Gasteiger partial charge < -0.3 is 4.90 Å². The molecule has 0 fully saturated rings. The van der Waals surface area contributed by atoms with Gasteiger partial charge in [0.05, 0.1) is 0 Å². The highest BCUT2D eigenvalue weighted by Crippen LogP contribution is 2.42. The van der Waals surface area contributed by atoms with Gasteiger partial charge in [0.15, 0.2) is 0 Å². The van der Waals surface area contributed by atoms with Crippen molar-refractivity contribution in [1.82, 2.24) is 0 Å². The van der Waals surface area contributed by atoms with Gasteiger partial charge in [0, 0.05) is 17.9 Å². The van der Waals surface area contributed by atoms with Gasteiger partial charge in [-0.3, -0.25) is 0 Å². The molecule has 1 heteroatoms. The van der Waals surface area contributed by atoms with Crippen LogP contribution in [-0.4, -0.2) is 6.54 Å². The molecule has 1 aliphatic heterocycles. The first-order valence-corrected chi connectivity index (χ1v) is 6.61. The minimum absolute atomic E-state index is 0.280. The smallest absolute Gasteiger partial charge is 0.0448 e. The summed E-state index contributed by atoms with van der Waals surface area (Å²) in [5.74, 6) is 0. The second kappa shape index (κ2) is 4.16. The zero-order valence-electron chi connectivity index (χ0n) is 11.1. The first-order chi connectivity index (χ1) is 8.68.